The number of rotatable bonds is 6. The van der Waals surface area contributed by atoms with Crippen LogP contribution in [0, 0.1) is 0 Å². The summed E-state index contributed by atoms with van der Waals surface area (Å²) in [6.07, 6.45) is 4.34. The van der Waals surface area contributed by atoms with Crippen molar-refractivity contribution < 1.29 is 14.3 Å². The normalized spacial score (nSPS) is 20.2. The fraction of sp³-hybridized carbons (Fsp3) is 0.550. The molecule has 1 aromatic heterocycles. The molecule has 2 aliphatic rings. The maximum absolute atomic E-state index is 12.6. The second-order valence-electron chi connectivity index (χ2n) is 7.37. The number of nitrogens with zero attached hydrogens (tertiary/aromatic N) is 3. The summed E-state index contributed by atoms with van der Waals surface area (Å²) >= 11 is 0. The van der Waals surface area contributed by atoms with Crippen LogP contribution < -0.4 is 15.4 Å². The summed E-state index contributed by atoms with van der Waals surface area (Å²) in [7, 11) is 1.80. The summed E-state index contributed by atoms with van der Waals surface area (Å²) in [5.74, 6) is 2.14. The summed E-state index contributed by atoms with van der Waals surface area (Å²) in [6, 6.07) is 7.12. The molecule has 2 fully saturated rings. The third-order valence-electron chi connectivity index (χ3n) is 5.29. The first-order chi connectivity index (χ1) is 13.7. The van der Waals surface area contributed by atoms with Crippen molar-refractivity contribution >= 4 is 11.9 Å². The molecule has 0 bridgehead atoms. The van der Waals surface area contributed by atoms with Crippen molar-refractivity contribution in [3.63, 3.8) is 0 Å². The molecule has 150 valence electrons. The second kappa shape index (κ2) is 8.70. The summed E-state index contributed by atoms with van der Waals surface area (Å²) in [5.41, 5.74) is 0.552. The highest BCUT2D eigenvalue weighted by Crippen LogP contribution is 2.23. The van der Waals surface area contributed by atoms with Gasteiger partial charge in [-0.2, -0.15) is 10.1 Å². The number of ether oxygens (including phenoxy) is 2. The van der Waals surface area contributed by atoms with Crippen LogP contribution in [-0.2, 0) is 11.8 Å². The number of carbonyl (C=O) groups is 1. The summed E-state index contributed by atoms with van der Waals surface area (Å²) in [5, 5.41) is 10.7. The highest BCUT2D eigenvalue weighted by atomic mass is 16.5. The zero-order valence-electron chi connectivity index (χ0n) is 16.2. The van der Waals surface area contributed by atoms with Crippen LogP contribution in [0.15, 0.2) is 24.3 Å². The summed E-state index contributed by atoms with van der Waals surface area (Å²) in [4.78, 5) is 17.1. The molecule has 2 aromatic rings. The standard InChI is InChI=1S/C20H27N5O3/c1-25-20(22-18(24-25)14-8-10-21-11-9-14)23-19(26)15-4-6-16(7-5-15)28-13-17-3-2-12-27-17/h4-7,14,17,21H,2-3,8-13H2,1H3,(H,22,23,24,26). The first-order valence-corrected chi connectivity index (χ1v) is 9.96. The smallest absolute Gasteiger partial charge is 0.258 e. The molecule has 0 aliphatic carbocycles. The number of amides is 1. The molecule has 1 atom stereocenters. The Labute approximate surface area is 164 Å². The lowest BCUT2D eigenvalue weighted by Gasteiger charge is -2.19. The first-order valence-electron chi connectivity index (χ1n) is 9.96. The number of nitrogens with one attached hydrogen (secondary N) is 2. The van der Waals surface area contributed by atoms with Crippen molar-refractivity contribution in [1.82, 2.24) is 20.1 Å². The zero-order chi connectivity index (χ0) is 19.3. The third-order valence-corrected chi connectivity index (χ3v) is 5.29. The van der Waals surface area contributed by atoms with Gasteiger partial charge in [0.05, 0.1) is 6.10 Å². The van der Waals surface area contributed by atoms with Gasteiger partial charge < -0.3 is 14.8 Å². The molecule has 2 aliphatic heterocycles. The topological polar surface area (TPSA) is 90.3 Å². The average molecular weight is 385 g/mol. The first kappa shape index (κ1) is 18.9. The Hall–Kier alpha value is -2.45. The van der Waals surface area contributed by atoms with Gasteiger partial charge in [0.2, 0.25) is 5.95 Å². The monoisotopic (exact) mass is 385 g/mol. The number of aromatic nitrogens is 3. The molecule has 8 heteroatoms. The lowest BCUT2D eigenvalue weighted by molar-refractivity contribution is 0.0679. The Kier molecular flexibility index (Phi) is 5.87. The minimum atomic E-state index is -0.210. The van der Waals surface area contributed by atoms with Gasteiger partial charge in [0.1, 0.15) is 12.4 Å². The van der Waals surface area contributed by atoms with E-state index in [2.05, 4.69) is 20.7 Å². The molecule has 8 nitrogen and oxygen atoms in total. The van der Waals surface area contributed by atoms with Crippen LogP contribution in [0.1, 0.15) is 47.8 Å². The predicted molar refractivity (Wildman–Crippen MR) is 105 cm³/mol. The van der Waals surface area contributed by atoms with E-state index in [1.165, 1.54) is 0 Å². The van der Waals surface area contributed by atoms with E-state index in [-0.39, 0.29) is 12.0 Å². The minimum Gasteiger partial charge on any atom is -0.491 e. The minimum absolute atomic E-state index is 0.174. The van der Waals surface area contributed by atoms with Crippen LogP contribution >= 0.6 is 0 Å². The Bertz CT molecular complexity index is 793. The van der Waals surface area contributed by atoms with Gasteiger partial charge in [-0.3, -0.25) is 10.1 Å². The average Bonchev–Trinajstić information content (AvgIpc) is 3.38. The molecular formula is C20H27N5O3. The Balaban J connectivity index is 1.34. The maximum Gasteiger partial charge on any atom is 0.258 e. The number of aryl methyl sites for hydroxylation is 1. The van der Waals surface area contributed by atoms with Crippen molar-refractivity contribution in [3.05, 3.63) is 35.7 Å². The van der Waals surface area contributed by atoms with Crippen molar-refractivity contribution in [3.8, 4) is 5.75 Å². The molecular weight excluding hydrogens is 358 g/mol. The van der Waals surface area contributed by atoms with E-state index >= 15 is 0 Å². The SMILES string of the molecule is Cn1nc(C2CCNCC2)nc1NC(=O)c1ccc(OCC2CCCO2)cc1. The van der Waals surface area contributed by atoms with Crippen LogP contribution in [-0.4, -0.2) is 53.1 Å². The number of anilines is 1. The lowest BCUT2D eigenvalue weighted by atomic mass is 9.98. The Morgan fingerprint density at radius 1 is 1.29 bits per heavy atom. The molecule has 3 heterocycles. The Morgan fingerprint density at radius 2 is 2.07 bits per heavy atom. The van der Waals surface area contributed by atoms with Crippen molar-refractivity contribution in [2.75, 3.05) is 31.6 Å². The highest BCUT2D eigenvalue weighted by molar-refractivity contribution is 6.03. The third kappa shape index (κ3) is 4.51. The molecule has 0 saturated carbocycles. The number of carbonyl (C=O) groups excluding carboxylic acids is 1. The second-order valence-corrected chi connectivity index (χ2v) is 7.37. The molecule has 1 aromatic carbocycles. The maximum atomic E-state index is 12.6. The van der Waals surface area contributed by atoms with Gasteiger partial charge in [0, 0.05) is 25.1 Å². The van der Waals surface area contributed by atoms with Crippen LogP contribution in [0.5, 0.6) is 5.75 Å². The molecule has 4 rings (SSSR count). The van der Waals surface area contributed by atoms with Gasteiger partial charge >= 0.3 is 0 Å². The molecule has 1 unspecified atom stereocenters. The summed E-state index contributed by atoms with van der Waals surface area (Å²) < 4.78 is 12.9. The zero-order valence-corrected chi connectivity index (χ0v) is 16.2. The summed E-state index contributed by atoms with van der Waals surface area (Å²) in [6.45, 7) is 3.32. The van der Waals surface area contributed by atoms with Gasteiger partial charge in [-0.25, -0.2) is 4.68 Å². The van der Waals surface area contributed by atoms with Crippen molar-refractivity contribution in [2.24, 2.45) is 7.05 Å². The molecule has 0 spiro atoms. The molecule has 1 amide bonds. The van der Waals surface area contributed by atoms with Gasteiger partial charge in [-0.05, 0) is 63.0 Å². The van der Waals surface area contributed by atoms with Gasteiger partial charge in [0.15, 0.2) is 5.82 Å². The van der Waals surface area contributed by atoms with E-state index in [0.29, 0.717) is 24.0 Å². The van der Waals surface area contributed by atoms with E-state index in [9.17, 15) is 4.79 Å². The molecule has 28 heavy (non-hydrogen) atoms. The Morgan fingerprint density at radius 3 is 2.79 bits per heavy atom. The quantitative estimate of drug-likeness (QED) is 0.791. The largest absolute Gasteiger partial charge is 0.491 e. The van der Waals surface area contributed by atoms with E-state index in [4.69, 9.17) is 9.47 Å². The molecule has 2 saturated heterocycles. The van der Waals surface area contributed by atoms with Gasteiger partial charge in [-0.15, -0.1) is 0 Å². The van der Waals surface area contributed by atoms with E-state index in [0.717, 1.165) is 57.0 Å². The predicted octanol–water partition coefficient (Wildman–Crippen LogP) is 2.09. The number of piperidine rings is 1. The van der Waals surface area contributed by atoms with Crippen molar-refractivity contribution in [1.29, 1.82) is 0 Å². The number of hydrogen-bond donors (Lipinski definition) is 2. The molecule has 0 radical (unpaired) electrons. The highest BCUT2D eigenvalue weighted by Gasteiger charge is 2.21. The number of benzene rings is 1. The molecule has 2 N–H and O–H groups in total. The van der Waals surface area contributed by atoms with Crippen LogP contribution in [0.2, 0.25) is 0 Å². The van der Waals surface area contributed by atoms with Crippen LogP contribution in [0.25, 0.3) is 0 Å². The van der Waals surface area contributed by atoms with E-state index in [1.54, 1.807) is 36.0 Å². The fourth-order valence-corrected chi connectivity index (χ4v) is 3.61. The van der Waals surface area contributed by atoms with Gasteiger partial charge in [-0.1, -0.05) is 0 Å². The van der Waals surface area contributed by atoms with E-state index < -0.39 is 0 Å². The van der Waals surface area contributed by atoms with Gasteiger partial charge in [0.25, 0.3) is 5.91 Å². The van der Waals surface area contributed by atoms with E-state index in [1.807, 2.05) is 0 Å². The van der Waals surface area contributed by atoms with Crippen molar-refractivity contribution in [2.45, 2.75) is 37.7 Å². The number of hydrogen-bond acceptors (Lipinski definition) is 6. The fourth-order valence-electron chi connectivity index (χ4n) is 3.61. The van der Waals surface area contributed by atoms with Crippen LogP contribution in [0.3, 0.4) is 0 Å². The van der Waals surface area contributed by atoms with Crippen LogP contribution in [0.4, 0.5) is 5.95 Å². The lowest BCUT2D eigenvalue weighted by Crippen LogP contribution is -2.27.